The average molecular weight is 143 g/mol. The molecule has 1 aromatic rings. The first-order valence-electron chi connectivity index (χ1n) is 2.90. The minimum absolute atomic E-state index is 0.172. The van der Waals surface area contributed by atoms with Crippen molar-refractivity contribution in [3.63, 3.8) is 0 Å². The van der Waals surface area contributed by atoms with Gasteiger partial charge in [0.25, 0.3) is 5.95 Å². The molecular formula is C5H9N3O2. The van der Waals surface area contributed by atoms with Gasteiger partial charge in [-0.1, -0.05) is 0 Å². The number of nitrogens with zero attached hydrogens (tertiary/aromatic N) is 2. The van der Waals surface area contributed by atoms with E-state index in [0.29, 0.717) is 18.9 Å². The van der Waals surface area contributed by atoms with Crippen molar-refractivity contribution in [2.45, 2.75) is 6.42 Å². The molecular weight excluding hydrogens is 134 g/mol. The lowest BCUT2D eigenvalue weighted by Crippen LogP contribution is -1.94. The Kier molecular flexibility index (Phi) is 2.22. The number of ether oxygens (including phenoxy) is 1. The lowest BCUT2D eigenvalue weighted by Gasteiger charge is -1.89. The summed E-state index contributed by atoms with van der Waals surface area (Å²) in [6.45, 7) is 0.571. The van der Waals surface area contributed by atoms with E-state index in [9.17, 15) is 0 Å². The Hall–Kier alpha value is -1.10. The Morgan fingerprint density at radius 2 is 2.50 bits per heavy atom. The molecule has 5 nitrogen and oxygen atoms in total. The molecule has 0 atom stereocenters. The van der Waals surface area contributed by atoms with Gasteiger partial charge in [0.05, 0.1) is 13.0 Å². The Morgan fingerprint density at radius 1 is 1.70 bits per heavy atom. The zero-order valence-corrected chi connectivity index (χ0v) is 5.70. The third kappa shape index (κ3) is 1.70. The van der Waals surface area contributed by atoms with Crippen LogP contribution in [0.3, 0.4) is 0 Å². The standard InChI is InChI=1S/C5H9N3O2/c1-9-3-2-4-7-5(6)8-10-4/h2-3H2,1H3,(H2,6,8). The molecule has 0 aromatic carbocycles. The summed E-state index contributed by atoms with van der Waals surface area (Å²) in [7, 11) is 1.61. The molecule has 0 saturated heterocycles. The molecule has 1 aromatic heterocycles. The Balaban J connectivity index is 2.42. The van der Waals surface area contributed by atoms with Gasteiger partial charge >= 0.3 is 0 Å². The monoisotopic (exact) mass is 143 g/mol. The van der Waals surface area contributed by atoms with Gasteiger partial charge in [0.1, 0.15) is 0 Å². The molecule has 5 heteroatoms. The van der Waals surface area contributed by atoms with Crippen LogP contribution in [0.4, 0.5) is 5.95 Å². The third-order valence-corrected chi connectivity index (χ3v) is 1.00. The van der Waals surface area contributed by atoms with E-state index in [2.05, 4.69) is 10.1 Å². The summed E-state index contributed by atoms with van der Waals surface area (Å²) < 4.78 is 9.49. The molecule has 56 valence electrons. The van der Waals surface area contributed by atoms with Crippen LogP contribution in [0, 0.1) is 0 Å². The molecule has 0 aliphatic heterocycles. The largest absolute Gasteiger partial charge is 0.384 e. The van der Waals surface area contributed by atoms with Crippen LogP contribution in [-0.4, -0.2) is 23.9 Å². The van der Waals surface area contributed by atoms with Crippen LogP contribution in [-0.2, 0) is 11.2 Å². The van der Waals surface area contributed by atoms with Crippen molar-refractivity contribution in [1.82, 2.24) is 10.1 Å². The summed E-state index contributed by atoms with van der Waals surface area (Å²) in [5.74, 6) is 0.686. The minimum atomic E-state index is 0.172. The van der Waals surface area contributed by atoms with E-state index in [1.54, 1.807) is 7.11 Å². The predicted octanol–water partition coefficient (Wildman–Crippen LogP) is -0.159. The number of aromatic nitrogens is 2. The van der Waals surface area contributed by atoms with Gasteiger partial charge in [-0.05, 0) is 5.16 Å². The zero-order valence-electron chi connectivity index (χ0n) is 5.70. The molecule has 1 heterocycles. The van der Waals surface area contributed by atoms with Gasteiger partial charge in [0.2, 0.25) is 5.89 Å². The van der Waals surface area contributed by atoms with Crippen LogP contribution in [0.5, 0.6) is 0 Å². The maximum atomic E-state index is 5.19. The van der Waals surface area contributed by atoms with Gasteiger partial charge in [-0.3, -0.25) is 0 Å². The lowest BCUT2D eigenvalue weighted by molar-refractivity contribution is 0.192. The molecule has 0 bridgehead atoms. The van der Waals surface area contributed by atoms with E-state index in [-0.39, 0.29) is 5.95 Å². The van der Waals surface area contributed by atoms with Gasteiger partial charge in [-0.15, -0.1) is 0 Å². The molecule has 0 aliphatic carbocycles. The second-order valence-corrected chi connectivity index (χ2v) is 1.79. The van der Waals surface area contributed by atoms with Crippen molar-refractivity contribution in [3.8, 4) is 0 Å². The number of hydrogen-bond acceptors (Lipinski definition) is 5. The number of nitrogens with two attached hydrogens (primary N) is 1. The molecule has 1 rings (SSSR count). The summed E-state index contributed by atoms with van der Waals surface area (Å²) in [6.07, 6.45) is 0.612. The van der Waals surface area contributed by atoms with E-state index in [1.807, 2.05) is 0 Å². The molecule has 2 N–H and O–H groups in total. The molecule has 0 saturated carbocycles. The van der Waals surface area contributed by atoms with Crippen LogP contribution < -0.4 is 5.73 Å². The Morgan fingerprint density at radius 3 is 3.00 bits per heavy atom. The van der Waals surface area contributed by atoms with E-state index >= 15 is 0 Å². The normalized spacial score (nSPS) is 10.1. The molecule has 10 heavy (non-hydrogen) atoms. The van der Waals surface area contributed by atoms with Crippen LogP contribution in [0.15, 0.2) is 4.52 Å². The van der Waals surface area contributed by atoms with E-state index < -0.39 is 0 Å². The van der Waals surface area contributed by atoms with Gasteiger partial charge in [0.15, 0.2) is 0 Å². The fourth-order valence-corrected chi connectivity index (χ4v) is 0.559. The number of rotatable bonds is 3. The summed E-state index contributed by atoms with van der Waals surface area (Å²) in [6, 6.07) is 0. The molecule has 0 spiro atoms. The van der Waals surface area contributed by atoms with E-state index in [4.69, 9.17) is 15.0 Å². The highest BCUT2D eigenvalue weighted by Crippen LogP contribution is 1.97. The van der Waals surface area contributed by atoms with Crippen LogP contribution in [0.1, 0.15) is 5.89 Å². The van der Waals surface area contributed by atoms with Crippen molar-refractivity contribution < 1.29 is 9.26 Å². The highest BCUT2D eigenvalue weighted by Gasteiger charge is 2.00. The first-order valence-corrected chi connectivity index (χ1v) is 2.90. The molecule has 0 fully saturated rings. The van der Waals surface area contributed by atoms with Crippen LogP contribution in [0.25, 0.3) is 0 Å². The van der Waals surface area contributed by atoms with Crippen molar-refractivity contribution in [3.05, 3.63) is 5.89 Å². The number of methoxy groups -OCH3 is 1. The van der Waals surface area contributed by atoms with E-state index in [1.165, 1.54) is 0 Å². The first kappa shape index (κ1) is 7.01. The number of nitrogen functional groups attached to an aromatic ring is 1. The Labute approximate surface area is 58.2 Å². The van der Waals surface area contributed by atoms with Gasteiger partial charge in [0, 0.05) is 7.11 Å². The summed E-state index contributed by atoms with van der Waals surface area (Å²) >= 11 is 0. The predicted molar refractivity (Wildman–Crippen MR) is 34.3 cm³/mol. The van der Waals surface area contributed by atoms with Crippen LogP contribution in [0.2, 0.25) is 0 Å². The second kappa shape index (κ2) is 3.17. The van der Waals surface area contributed by atoms with Gasteiger partial charge in [-0.25, -0.2) is 0 Å². The van der Waals surface area contributed by atoms with Crippen molar-refractivity contribution in [2.24, 2.45) is 0 Å². The maximum absolute atomic E-state index is 5.19. The molecule has 0 unspecified atom stereocenters. The fraction of sp³-hybridized carbons (Fsp3) is 0.600. The third-order valence-electron chi connectivity index (χ3n) is 1.00. The fourth-order valence-electron chi connectivity index (χ4n) is 0.559. The second-order valence-electron chi connectivity index (χ2n) is 1.79. The highest BCUT2D eigenvalue weighted by atomic mass is 16.5. The smallest absolute Gasteiger partial charge is 0.260 e. The van der Waals surface area contributed by atoms with Gasteiger partial charge in [-0.2, -0.15) is 4.98 Å². The zero-order chi connectivity index (χ0) is 7.40. The highest BCUT2D eigenvalue weighted by molar-refractivity contribution is 5.10. The molecule has 0 amide bonds. The number of anilines is 1. The molecule has 0 radical (unpaired) electrons. The SMILES string of the molecule is COCCc1nc(N)no1. The van der Waals surface area contributed by atoms with Crippen molar-refractivity contribution in [2.75, 3.05) is 19.5 Å². The first-order chi connectivity index (χ1) is 4.83. The summed E-state index contributed by atoms with van der Waals surface area (Å²) in [5.41, 5.74) is 5.19. The quantitative estimate of drug-likeness (QED) is 0.636. The van der Waals surface area contributed by atoms with Gasteiger partial charge < -0.3 is 15.0 Å². The van der Waals surface area contributed by atoms with E-state index in [0.717, 1.165) is 0 Å². The average Bonchev–Trinajstić information content (AvgIpc) is 2.31. The number of hydrogen-bond donors (Lipinski definition) is 1. The maximum Gasteiger partial charge on any atom is 0.260 e. The molecule has 0 aliphatic rings. The lowest BCUT2D eigenvalue weighted by atomic mass is 10.5. The van der Waals surface area contributed by atoms with Crippen LogP contribution >= 0.6 is 0 Å². The van der Waals surface area contributed by atoms with Crippen molar-refractivity contribution >= 4 is 5.95 Å². The summed E-state index contributed by atoms with van der Waals surface area (Å²) in [4.78, 5) is 3.77. The topological polar surface area (TPSA) is 74.2 Å². The van der Waals surface area contributed by atoms with Crippen molar-refractivity contribution in [1.29, 1.82) is 0 Å². The summed E-state index contributed by atoms with van der Waals surface area (Å²) in [5, 5.41) is 3.41. The Bertz CT molecular complexity index is 199. The minimum Gasteiger partial charge on any atom is -0.384 e.